The Labute approximate surface area is 143 Å². The first-order chi connectivity index (χ1) is 11.6. The zero-order chi connectivity index (χ0) is 16.9. The lowest BCUT2D eigenvalue weighted by atomic mass is 9.86. The standard InChI is InChI=1S/C20H24N2O2/c1-15-7-8-19(23)18(13-15)17(16-5-3-2-4-6-16)14-20(24)22-11-9-21-10-12-22/h2-8,13,17,21,23H,9-12,14H2,1H3/t17-/m0/s1. The van der Waals surface area contributed by atoms with Crippen molar-refractivity contribution in [3.05, 3.63) is 65.2 Å². The van der Waals surface area contributed by atoms with Crippen LogP contribution in [0.5, 0.6) is 5.75 Å². The van der Waals surface area contributed by atoms with Crippen LogP contribution in [0.15, 0.2) is 48.5 Å². The van der Waals surface area contributed by atoms with Gasteiger partial charge in [-0.25, -0.2) is 0 Å². The molecule has 4 nitrogen and oxygen atoms in total. The summed E-state index contributed by atoms with van der Waals surface area (Å²) in [6, 6.07) is 15.6. The average Bonchev–Trinajstić information content (AvgIpc) is 2.63. The summed E-state index contributed by atoms with van der Waals surface area (Å²) in [6.45, 7) is 5.19. The van der Waals surface area contributed by atoms with Crippen molar-refractivity contribution in [3.8, 4) is 5.75 Å². The van der Waals surface area contributed by atoms with Crippen molar-refractivity contribution in [2.24, 2.45) is 0 Å². The van der Waals surface area contributed by atoms with E-state index in [9.17, 15) is 9.90 Å². The summed E-state index contributed by atoms with van der Waals surface area (Å²) in [4.78, 5) is 14.7. The van der Waals surface area contributed by atoms with Gasteiger partial charge in [0.2, 0.25) is 5.91 Å². The van der Waals surface area contributed by atoms with E-state index in [4.69, 9.17) is 0 Å². The molecule has 0 unspecified atom stereocenters. The minimum atomic E-state index is -0.131. The molecule has 1 aliphatic rings. The van der Waals surface area contributed by atoms with Crippen LogP contribution in [0.4, 0.5) is 0 Å². The maximum absolute atomic E-state index is 12.8. The Morgan fingerprint density at radius 3 is 2.58 bits per heavy atom. The van der Waals surface area contributed by atoms with Gasteiger partial charge in [-0.3, -0.25) is 4.79 Å². The van der Waals surface area contributed by atoms with Gasteiger partial charge in [0.1, 0.15) is 5.75 Å². The van der Waals surface area contributed by atoms with Gasteiger partial charge in [0.15, 0.2) is 0 Å². The lowest BCUT2D eigenvalue weighted by Crippen LogP contribution is -2.46. The number of nitrogens with one attached hydrogen (secondary N) is 1. The van der Waals surface area contributed by atoms with Crippen LogP contribution < -0.4 is 5.32 Å². The monoisotopic (exact) mass is 324 g/mol. The van der Waals surface area contributed by atoms with Gasteiger partial charge in [0.05, 0.1) is 0 Å². The highest BCUT2D eigenvalue weighted by Crippen LogP contribution is 2.35. The Morgan fingerprint density at radius 2 is 1.88 bits per heavy atom. The maximum Gasteiger partial charge on any atom is 0.223 e. The van der Waals surface area contributed by atoms with Gasteiger partial charge >= 0.3 is 0 Å². The molecule has 2 aromatic rings. The van der Waals surface area contributed by atoms with Crippen molar-refractivity contribution in [3.63, 3.8) is 0 Å². The molecule has 1 atom stereocenters. The smallest absolute Gasteiger partial charge is 0.223 e. The molecule has 0 saturated carbocycles. The first-order valence-corrected chi connectivity index (χ1v) is 8.48. The number of hydrogen-bond acceptors (Lipinski definition) is 3. The number of aryl methyl sites for hydroxylation is 1. The van der Waals surface area contributed by atoms with Crippen LogP contribution in [-0.2, 0) is 4.79 Å². The molecule has 0 aromatic heterocycles. The number of amides is 1. The van der Waals surface area contributed by atoms with E-state index in [0.717, 1.165) is 42.9 Å². The van der Waals surface area contributed by atoms with E-state index in [2.05, 4.69) is 5.32 Å². The molecule has 0 aliphatic carbocycles. The fourth-order valence-electron chi connectivity index (χ4n) is 3.26. The number of nitrogens with zero attached hydrogens (tertiary/aromatic N) is 1. The summed E-state index contributed by atoms with van der Waals surface area (Å²) in [7, 11) is 0. The first kappa shape index (κ1) is 16.5. The van der Waals surface area contributed by atoms with E-state index < -0.39 is 0 Å². The Morgan fingerprint density at radius 1 is 1.17 bits per heavy atom. The highest BCUT2D eigenvalue weighted by atomic mass is 16.3. The van der Waals surface area contributed by atoms with Gasteiger partial charge in [0, 0.05) is 44.1 Å². The number of carbonyl (C=O) groups excluding carboxylic acids is 1. The highest BCUT2D eigenvalue weighted by molar-refractivity contribution is 5.78. The Hall–Kier alpha value is -2.33. The summed E-state index contributed by atoms with van der Waals surface area (Å²) < 4.78 is 0. The Balaban J connectivity index is 1.90. The summed E-state index contributed by atoms with van der Waals surface area (Å²) in [6.07, 6.45) is 0.376. The summed E-state index contributed by atoms with van der Waals surface area (Å²) in [5.41, 5.74) is 2.96. The molecule has 126 valence electrons. The second-order valence-electron chi connectivity index (χ2n) is 6.36. The second-order valence-corrected chi connectivity index (χ2v) is 6.36. The quantitative estimate of drug-likeness (QED) is 0.909. The molecule has 24 heavy (non-hydrogen) atoms. The molecule has 0 bridgehead atoms. The first-order valence-electron chi connectivity index (χ1n) is 8.48. The SMILES string of the molecule is Cc1ccc(O)c([C@@H](CC(=O)N2CCNCC2)c2ccccc2)c1. The lowest BCUT2D eigenvalue weighted by Gasteiger charge is -2.29. The number of piperazine rings is 1. The van der Waals surface area contributed by atoms with Crippen LogP contribution in [0.2, 0.25) is 0 Å². The van der Waals surface area contributed by atoms with Crippen LogP contribution in [0.1, 0.15) is 29.0 Å². The zero-order valence-corrected chi connectivity index (χ0v) is 14.0. The third-order valence-corrected chi connectivity index (χ3v) is 4.61. The largest absolute Gasteiger partial charge is 0.508 e. The predicted octanol–water partition coefficient (Wildman–Crippen LogP) is 2.65. The lowest BCUT2D eigenvalue weighted by molar-refractivity contribution is -0.132. The number of benzene rings is 2. The van der Waals surface area contributed by atoms with Crippen LogP contribution in [0.25, 0.3) is 0 Å². The van der Waals surface area contributed by atoms with Crippen molar-refractivity contribution in [1.82, 2.24) is 10.2 Å². The minimum Gasteiger partial charge on any atom is -0.508 e. The third-order valence-electron chi connectivity index (χ3n) is 4.61. The summed E-state index contributed by atoms with van der Waals surface area (Å²) in [5.74, 6) is 0.266. The molecule has 4 heteroatoms. The van der Waals surface area contributed by atoms with Crippen molar-refractivity contribution < 1.29 is 9.90 Å². The van der Waals surface area contributed by atoms with E-state index in [0.29, 0.717) is 6.42 Å². The fourth-order valence-corrected chi connectivity index (χ4v) is 3.26. The maximum atomic E-state index is 12.8. The molecular formula is C20H24N2O2. The van der Waals surface area contributed by atoms with E-state index in [1.807, 2.05) is 54.3 Å². The number of phenolic OH excluding ortho intramolecular Hbond substituents is 1. The molecule has 0 radical (unpaired) electrons. The fraction of sp³-hybridized carbons (Fsp3) is 0.350. The number of carbonyl (C=O) groups is 1. The van der Waals surface area contributed by atoms with Gasteiger partial charge < -0.3 is 15.3 Å². The van der Waals surface area contributed by atoms with Crippen molar-refractivity contribution in [2.45, 2.75) is 19.3 Å². The van der Waals surface area contributed by atoms with E-state index >= 15 is 0 Å². The van der Waals surface area contributed by atoms with E-state index in [-0.39, 0.29) is 17.6 Å². The molecule has 1 fully saturated rings. The van der Waals surface area contributed by atoms with Gasteiger partial charge in [0.25, 0.3) is 0 Å². The average molecular weight is 324 g/mol. The predicted molar refractivity (Wildman–Crippen MR) is 95.2 cm³/mol. The van der Waals surface area contributed by atoms with Crippen molar-refractivity contribution in [1.29, 1.82) is 0 Å². The molecule has 1 aliphatic heterocycles. The van der Waals surface area contributed by atoms with Crippen LogP contribution in [-0.4, -0.2) is 42.1 Å². The Kier molecular flexibility index (Phi) is 5.16. The zero-order valence-electron chi connectivity index (χ0n) is 14.0. The molecule has 1 saturated heterocycles. The number of aromatic hydroxyl groups is 1. The molecule has 1 amide bonds. The second kappa shape index (κ2) is 7.49. The van der Waals surface area contributed by atoms with Gasteiger partial charge in [-0.1, -0.05) is 48.0 Å². The molecule has 1 heterocycles. The van der Waals surface area contributed by atoms with Crippen molar-refractivity contribution >= 4 is 5.91 Å². The number of phenols is 1. The topological polar surface area (TPSA) is 52.6 Å². The molecular weight excluding hydrogens is 300 g/mol. The van der Waals surface area contributed by atoms with Crippen molar-refractivity contribution in [2.75, 3.05) is 26.2 Å². The van der Waals surface area contributed by atoms with Gasteiger partial charge in [-0.15, -0.1) is 0 Å². The van der Waals surface area contributed by atoms with Gasteiger partial charge in [-0.05, 0) is 18.6 Å². The third kappa shape index (κ3) is 3.77. The van der Waals surface area contributed by atoms with E-state index in [1.54, 1.807) is 6.07 Å². The molecule has 2 N–H and O–H groups in total. The number of hydrogen-bond donors (Lipinski definition) is 2. The molecule has 2 aromatic carbocycles. The van der Waals surface area contributed by atoms with Crippen LogP contribution in [0, 0.1) is 6.92 Å². The van der Waals surface area contributed by atoms with E-state index in [1.165, 1.54) is 0 Å². The van der Waals surface area contributed by atoms with Crippen LogP contribution in [0.3, 0.4) is 0 Å². The summed E-state index contributed by atoms with van der Waals surface area (Å²) >= 11 is 0. The highest BCUT2D eigenvalue weighted by Gasteiger charge is 2.25. The Bertz CT molecular complexity index is 694. The van der Waals surface area contributed by atoms with Gasteiger partial charge in [-0.2, -0.15) is 0 Å². The summed E-state index contributed by atoms with van der Waals surface area (Å²) in [5, 5.41) is 13.6. The minimum absolute atomic E-state index is 0.131. The molecule has 3 rings (SSSR count). The number of rotatable bonds is 4. The molecule has 0 spiro atoms. The normalized spacial score (nSPS) is 16.0. The van der Waals surface area contributed by atoms with Crippen LogP contribution >= 0.6 is 0 Å².